The molecule has 18 heavy (non-hydrogen) atoms. The predicted octanol–water partition coefficient (Wildman–Crippen LogP) is 0.574. The number of nitrogens with zero attached hydrogens (tertiary/aromatic N) is 4. The normalized spacial score (nSPS) is 9.72. The van der Waals surface area contributed by atoms with Gasteiger partial charge in [-0.05, 0) is 0 Å². The third-order valence-corrected chi connectivity index (χ3v) is 2.35. The number of hydrazine groups is 1. The van der Waals surface area contributed by atoms with Crippen LogP contribution in [0.4, 0.5) is 5.95 Å². The van der Waals surface area contributed by atoms with Gasteiger partial charge in [-0.15, -0.1) is 12.4 Å². The molecular formula is C11H14ClN5O. The van der Waals surface area contributed by atoms with Crippen LogP contribution >= 0.6 is 12.4 Å². The second-order valence-electron chi connectivity index (χ2n) is 3.67. The standard InChI is InChI=1S/C11H13N5O.ClH/c1-15-9(8-6-4-3-5-7-8)13-10(16(2)12)14-11(15)17;/h3-7H,12H2,1-2H3;1H. The molecule has 7 heteroatoms. The molecule has 0 atom stereocenters. The molecule has 1 aromatic heterocycles. The van der Waals surface area contributed by atoms with Crippen molar-refractivity contribution in [2.24, 2.45) is 12.9 Å². The quantitative estimate of drug-likeness (QED) is 0.636. The highest BCUT2D eigenvalue weighted by atomic mass is 35.5. The zero-order valence-electron chi connectivity index (χ0n) is 10.1. The number of aromatic nitrogens is 3. The highest BCUT2D eigenvalue weighted by Crippen LogP contribution is 2.15. The van der Waals surface area contributed by atoms with Crippen molar-refractivity contribution in [3.8, 4) is 11.4 Å². The summed E-state index contributed by atoms with van der Waals surface area (Å²) in [4.78, 5) is 19.7. The maximum Gasteiger partial charge on any atom is 0.352 e. The van der Waals surface area contributed by atoms with Crippen LogP contribution in [0.25, 0.3) is 11.4 Å². The van der Waals surface area contributed by atoms with Gasteiger partial charge in [0.2, 0.25) is 5.95 Å². The summed E-state index contributed by atoms with van der Waals surface area (Å²) in [6.07, 6.45) is 0. The molecule has 0 aliphatic heterocycles. The van der Waals surface area contributed by atoms with E-state index in [1.807, 2.05) is 30.3 Å². The Bertz CT molecular complexity index is 582. The first-order chi connectivity index (χ1) is 8.09. The summed E-state index contributed by atoms with van der Waals surface area (Å²) in [5.41, 5.74) is 0.462. The number of halogens is 1. The fraction of sp³-hybridized carbons (Fsp3) is 0.182. The summed E-state index contributed by atoms with van der Waals surface area (Å²) >= 11 is 0. The number of benzene rings is 1. The summed E-state index contributed by atoms with van der Waals surface area (Å²) in [6.45, 7) is 0. The third-order valence-electron chi connectivity index (χ3n) is 2.35. The molecule has 0 aliphatic carbocycles. The van der Waals surface area contributed by atoms with Crippen molar-refractivity contribution in [1.29, 1.82) is 0 Å². The molecule has 0 fully saturated rings. The van der Waals surface area contributed by atoms with Gasteiger partial charge in [0.25, 0.3) is 0 Å². The molecule has 0 bridgehead atoms. The Morgan fingerprint density at radius 2 is 1.83 bits per heavy atom. The molecule has 0 radical (unpaired) electrons. The van der Waals surface area contributed by atoms with Crippen LogP contribution in [0.3, 0.4) is 0 Å². The highest BCUT2D eigenvalue weighted by molar-refractivity contribution is 5.85. The van der Waals surface area contributed by atoms with E-state index in [4.69, 9.17) is 5.84 Å². The Morgan fingerprint density at radius 3 is 2.39 bits per heavy atom. The summed E-state index contributed by atoms with van der Waals surface area (Å²) in [5, 5.41) is 1.22. The third kappa shape index (κ3) is 2.66. The Labute approximate surface area is 110 Å². The van der Waals surface area contributed by atoms with Gasteiger partial charge in [0.1, 0.15) is 5.82 Å². The zero-order chi connectivity index (χ0) is 12.4. The first-order valence-corrected chi connectivity index (χ1v) is 5.08. The fourth-order valence-corrected chi connectivity index (χ4v) is 1.45. The van der Waals surface area contributed by atoms with Crippen molar-refractivity contribution in [2.45, 2.75) is 0 Å². The summed E-state index contributed by atoms with van der Waals surface area (Å²) in [6, 6.07) is 9.42. The molecule has 0 unspecified atom stereocenters. The average molecular weight is 268 g/mol. The van der Waals surface area contributed by atoms with Gasteiger partial charge < -0.3 is 0 Å². The van der Waals surface area contributed by atoms with Crippen molar-refractivity contribution in [3.05, 3.63) is 40.8 Å². The summed E-state index contributed by atoms with van der Waals surface area (Å²) in [7, 11) is 3.22. The molecule has 0 aliphatic rings. The minimum Gasteiger partial charge on any atom is -0.282 e. The summed E-state index contributed by atoms with van der Waals surface area (Å²) < 4.78 is 1.39. The fourth-order valence-electron chi connectivity index (χ4n) is 1.45. The minimum atomic E-state index is -0.383. The molecule has 2 aromatic rings. The van der Waals surface area contributed by atoms with Gasteiger partial charge in [0.05, 0.1) is 0 Å². The van der Waals surface area contributed by atoms with Gasteiger partial charge in [-0.2, -0.15) is 9.97 Å². The van der Waals surface area contributed by atoms with E-state index in [0.29, 0.717) is 5.82 Å². The van der Waals surface area contributed by atoms with Crippen LogP contribution in [-0.2, 0) is 7.05 Å². The molecule has 6 nitrogen and oxygen atoms in total. The van der Waals surface area contributed by atoms with Gasteiger partial charge in [-0.3, -0.25) is 9.58 Å². The van der Waals surface area contributed by atoms with E-state index in [0.717, 1.165) is 5.56 Å². The van der Waals surface area contributed by atoms with E-state index in [9.17, 15) is 4.79 Å². The smallest absolute Gasteiger partial charge is 0.282 e. The van der Waals surface area contributed by atoms with Crippen molar-refractivity contribution in [3.63, 3.8) is 0 Å². The average Bonchev–Trinajstić information content (AvgIpc) is 2.33. The predicted molar refractivity (Wildman–Crippen MR) is 72.5 cm³/mol. The van der Waals surface area contributed by atoms with E-state index < -0.39 is 0 Å². The van der Waals surface area contributed by atoms with Crippen LogP contribution in [0.15, 0.2) is 35.1 Å². The Balaban J connectivity index is 0.00000162. The van der Waals surface area contributed by atoms with Crippen LogP contribution in [0.1, 0.15) is 0 Å². The molecule has 1 aromatic carbocycles. The topological polar surface area (TPSA) is 77.0 Å². The number of rotatable bonds is 2. The van der Waals surface area contributed by atoms with Gasteiger partial charge in [0.15, 0.2) is 0 Å². The largest absolute Gasteiger partial charge is 0.352 e. The first-order valence-electron chi connectivity index (χ1n) is 5.08. The Hall–Kier alpha value is -1.92. The second-order valence-corrected chi connectivity index (χ2v) is 3.67. The van der Waals surface area contributed by atoms with Crippen LogP contribution in [0.2, 0.25) is 0 Å². The lowest BCUT2D eigenvalue weighted by Gasteiger charge is -2.12. The number of anilines is 1. The van der Waals surface area contributed by atoms with Gasteiger partial charge in [0, 0.05) is 19.7 Å². The lowest BCUT2D eigenvalue weighted by Crippen LogP contribution is -2.32. The van der Waals surface area contributed by atoms with Crippen LogP contribution in [0, 0.1) is 0 Å². The molecule has 96 valence electrons. The number of hydrogen-bond donors (Lipinski definition) is 1. The van der Waals surface area contributed by atoms with Crippen molar-refractivity contribution < 1.29 is 0 Å². The van der Waals surface area contributed by atoms with E-state index >= 15 is 0 Å². The first kappa shape index (κ1) is 14.1. The van der Waals surface area contributed by atoms with Crippen molar-refractivity contribution in [1.82, 2.24) is 14.5 Å². The van der Waals surface area contributed by atoms with Crippen LogP contribution in [-0.4, -0.2) is 21.6 Å². The zero-order valence-corrected chi connectivity index (χ0v) is 10.9. The van der Waals surface area contributed by atoms with Gasteiger partial charge in [-0.25, -0.2) is 10.6 Å². The molecule has 0 spiro atoms. The van der Waals surface area contributed by atoms with E-state index in [1.165, 1.54) is 9.58 Å². The molecule has 0 saturated carbocycles. The van der Waals surface area contributed by atoms with Crippen molar-refractivity contribution in [2.75, 3.05) is 12.1 Å². The molecule has 1 heterocycles. The molecule has 0 amide bonds. The molecule has 0 saturated heterocycles. The van der Waals surface area contributed by atoms with Crippen LogP contribution in [0.5, 0.6) is 0 Å². The summed E-state index contributed by atoms with van der Waals surface area (Å²) in [5.74, 6) is 6.28. The Morgan fingerprint density at radius 1 is 1.22 bits per heavy atom. The minimum absolute atomic E-state index is 0. The van der Waals surface area contributed by atoms with E-state index in [-0.39, 0.29) is 24.0 Å². The lowest BCUT2D eigenvalue weighted by atomic mass is 10.2. The van der Waals surface area contributed by atoms with Gasteiger partial charge in [-0.1, -0.05) is 30.3 Å². The Kier molecular flexibility index (Phi) is 4.41. The second kappa shape index (κ2) is 5.61. The molecule has 2 rings (SSSR count). The number of hydrogen-bond acceptors (Lipinski definition) is 5. The van der Waals surface area contributed by atoms with E-state index in [2.05, 4.69) is 9.97 Å². The molecule has 2 N–H and O–H groups in total. The SMILES string of the molecule is CN(N)c1nc(-c2ccccc2)n(C)c(=O)n1.Cl. The maximum atomic E-state index is 11.7. The monoisotopic (exact) mass is 267 g/mol. The van der Waals surface area contributed by atoms with E-state index in [1.54, 1.807) is 14.1 Å². The highest BCUT2D eigenvalue weighted by Gasteiger charge is 2.10. The van der Waals surface area contributed by atoms with Crippen molar-refractivity contribution >= 4 is 18.4 Å². The van der Waals surface area contributed by atoms with Crippen LogP contribution < -0.4 is 16.5 Å². The lowest BCUT2D eigenvalue weighted by molar-refractivity contribution is 0.765. The maximum absolute atomic E-state index is 11.7. The molecular weight excluding hydrogens is 254 g/mol. The number of nitrogens with two attached hydrogens (primary N) is 1. The van der Waals surface area contributed by atoms with Gasteiger partial charge >= 0.3 is 5.69 Å².